The zero-order valence-electron chi connectivity index (χ0n) is 16.9. The highest BCUT2D eigenvalue weighted by atomic mass is 16.5. The second-order valence-corrected chi connectivity index (χ2v) is 8.51. The zero-order chi connectivity index (χ0) is 20.3. The Hall–Kier alpha value is -2.54. The van der Waals surface area contributed by atoms with Crippen LogP contribution in [0.3, 0.4) is 0 Å². The van der Waals surface area contributed by atoms with E-state index in [9.17, 15) is 9.59 Å². The number of hydrogen-bond donors (Lipinski definition) is 1. The lowest BCUT2D eigenvalue weighted by Crippen LogP contribution is -2.56. The van der Waals surface area contributed by atoms with Crippen LogP contribution in [0, 0.1) is 11.8 Å². The van der Waals surface area contributed by atoms with E-state index in [-0.39, 0.29) is 35.9 Å². The van der Waals surface area contributed by atoms with Crippen LogP contribution in [0.2, 0.25) is 0 Å². The molecule has 7 heteroatoms. The van der Waals surface area contributed by atoms with E-state index in [1.54, 1.807) is 13.4 Å². The molecular formula is C22H26N2O5. The molecular weight excluding hydrogens is 372 g/mol. The van der Waals surface area contributed by atoms with Crippen molar-refractivity contribution in [3.63, 3.8) is 0 Å². The molecule has 0 aromatic heterocycles. The molecule has 1 aromatic rings. The van der Waals surface area contributed by atoms with Crippen LogP contribution in [0.5, 0.6) is 5.75 Å². The lowest BCUT2D eigenvalue weighted by molar-refractivity contribution is -0.139. The van der Waals surface area contributed by atoms with Crippen molar-refractivity contribution in [1.82, 2.24) is 4.90 Å². The first-order valence-electron chi connectivity index (χ1n) is 10.2. The van der Waals surface area contributed by atoms with Crippen LogP contribution in [0.4, 0.5) is 5.69 Å². The summed E-state index contributed by atoms with van der Waals surface area (Å²) < 4.78 is 16.1. The Labute approximate surface area is 170 Å². The summed E-state index contributed by atoms with van der Waals surface area (Å²) in [7, 11) is 3.02. The molecule has 2 saturated heterocycles. The van der Waals surface area contributed by atoms with Gasteiger partial charge in [-0.2, -0.15) is 0 Å². The second-order valence-electron chi connectivity index (χ2n) is 8.51. The number of esters is 1. The van der Waals surface area contributed by atoms with Gasteiger partial charge in [-0.25, -0.2) is 4.79 Å². The minimum atomic E-state index is -0.588. The molecule has 4 heterocycles. The summed E-state index contributed by atoms with van der Waals surface area (Å²) in [6.07, 6.45) is 3.11. The number of carbonyl (C=O) groups excluding carboxylic acids is 2. The van der Waals surface area contributed by atoms with Gasteiger partial charge in [0.2, 0.25) is 5.91 Å². The number of piperidine rings is 1. The maximum atomic E-state index is 13.3. The Bertz CT molecular complexity index is 912. The monoisotopic (exact) mass is 398 g/mol. The minimum Gasteiger partial charge on any atom is -0.497 e. The summed E-state index contributed by atoms with van der Waals surface area (Å²) in [5, 5.41) is 3.09. The quantitative estimate of drug-likeness (QED) is 0.769. The van der Waals surface area contributed by atoms with Gasteiger partial charge in [-0.3, -0.25) is 9.69 Å². The Morgan fingerprint density at radius 2 is 2.17 bits per heavy atom. The molecule has 1 N–H and O–H groups in total. The van der Waals surface area contributed by atoms with Gasteiger partial charge >= 0.3 is 5.97 Å². The largest absolute Gasteiger partial charge is 0.497 e. The summed E-state index contributed by atoms with van der Waals surface area (Å²) in [4.78, 5) is 28.1. The average molecular weight is 398 g/mol. The topological polar surface area (TPSA) is 77.1 Å². The van der Waals surface area contributed by atoms with Crippen LogP contribution in [0.1, 0.15) is 25.3 Å². The van der Waals surface area contributed by atoms with E-state index in [4.69, 9.17) is 14.2 Å². The summed E-state index contributed by atoms with van der Waals surface area (Å²) >= 11 is 0. The number of ether oxygens (including phenoxy) is 3. The van der Waals surface area contributed by atoms with Crippen LogP contribution in [-0.4, -0.2) is 56.2 Å². The summed E-state index contributed by atoms with van der Waals surface area (Å²) in [6.45, 7) is 3.72. The van der Waals surface area contributed by atoms with Crippen LogP contribution >= 0.6 is 0 Å². The van der Waals surface area contributed by atoms with Crippen LogP contribution in [-0.2, 0) is 24.5 Å². The van der Waals surface area contributed by atoms with Gasteiger partial charge in [0, 0.05) is 36.2 Å². The number of nitrogens with zero attached hydrogens (tertiary/aromatic N) is 1. The second kappa shape index (κ2) is 6.49. The van der Waals surface area contributed by atoms with Crippen molar-refractivity contribution in [1.29, 1.82) is 0 Å². The molecule has 0 radical (unpaired) electrons. The number of fused-ring (bicyclic) bond motifs is 5. The number of carbonyl (C=O) groups is 2. The summed E-state index contributed by atoms with van der Waals surface area (Å²) in [5.74, 6) is 0.676. The standard InChI is InChI=1S/C22H26N2O5/c1-12-15-10-24-7-6-22(17-5-4-13(27-2)8-18(17)23-21(22)26)19(24)9-14(15)16(11-29-12)20(25)28-3/h4-5,8,11-12,14-15,19H,6-7,9-10H2,1-3H3,(H,23,26)/t12-,14-,15-,19-,22+/m0/s1. The van der Waals surface area contributed by atoms with Crippen molar-refractivity contribution in [3.05, 3.63) is 35.6 Å². The number of anilines is 1. The smallest absolute Gasteiger partial charge is 0.337 e. The predicted octanol–water partition coefficient (Wildman–Crippen LogP) is 2.07. The lowest BCUT2D eigenvalue weighted by atomic mass is 9.66. The van der Waals surface area contributed by atoms with E-state index in [0.717, 1.165) is 42.9 Å². The van der Waals surface area contributed by atoms with Gasteiger partial charge in [-0.1, -0.05) is 6.07 Å². The van der Waals surface area contributed by atoms with Gasteiger partial charge in [0.1, 0.15) is 5.75 Å². The highest BCUT2D eigenvalue weighted by Crippen LogP contribution is 2.54. The first kappa shape index (κ1) is 18.5. The molecule has 154 valence electrons. The molecule has 4 aliphatic heterocycles. The average Bonchev–Trinajstić information content (AvgIpc) is 3.25. The predicted molar refractivity (Wildman–Crippen MR) is 106 cm³/mol. The summed E-state index contributed by atoms with van der Waals surface area (Å²) in [6, 6.07) is 5.88. The lowest BCUT2D eigenvalue weighted by Gasteiger charge is -2.48. The number of benzene rings is 1. The first-order chi connectivity index (χ1) is 14.0. The number of rotatable bonds is 2. The van der Waals surface area contributed by atoms with E-state index < -0.39 is 5.41 Å². The van der Waals surface area contributed by atoms with E-state index in [1.165, 1.54) is 7.11 Å². The van der Waals surface area contributed by atoms with Crippen LogP contribution in [0.25, 0.3) is 0 Å². The van der Waals surface area contributed by atoms with Crippen LogP contribution < -0.4 is 10.1 Å². The van der Waals surface area contributed by atoms with Crippen LogP contribution in [0.15, 0.2) is 30.0 Å². The van der Waals surface area contributed by atoms with Crippen molar-refractivity contribution >= 4 is 17.6 Å². The molecule has 0 bridgehead atoms. The van der Waals surface area contributed by atoms with E-state index in [0.29, 0.717) is 5.57 Å². The molecule has 29 heavy (non-hydrogen) atoms. The Kier molecular flexibility index (Phi) is 4.13. The molecule has 5 rings (SSSR count). The van der Waals surface area contributed by atoms with Crippen molar-refractivity contribution in [2.24, 2.45) is 11.8 Å². The molecule has 1 spiro atoms. The normalized spacial score (nSPS) is 35.1. The fourth-order valence-electron chi connectivity index (χ4n) is 5.93. The van der Waals surface area contributed by atoms with Gasteiger partial charge in [-0.15, -0.1) is 0 Å². The Balaban J connectivity index is 1.54. The minimum absolute atomic E-state index is 0.0255. The number of methoxy groups -OCH3 is 2. The van der Waals surface area contributed by atoms with E-state index in [1.807, 2.05) is 18.2 Å². The fraction of sp³-hybridized carbons (Fsp3) is 0.545. The van der Waals surface area contributed by atoms with Gasteiger partial charge in [0.25, 0.3) is 0 Å². The third kappa shape index (κ3) is 2.46. The number of hydrogen-bond acceptors (Lipinski definition) is 6. The SMILES string of the molecule is COC(=O)C1=CO[C@@H](C)[C@@H]2CN3CC[C@]4(C(=O)Nc5cc(OC)ccc54)[C@@H]3C[C@H]12. The van der Waals surface area contributed by atoms with Gasteiger partial charge < -0.3 is 19.5 Å². The molecule has 7 nitrogen and oxygen atoms in total. The van der Waals surface area contributed by atoms with Gasteiger partial charge in [0.05, 0.1) is 37.6 Å². The molecule has 1 amide bonds. The van der Waals surface area contributed by atoms with Gasteiger partial charge in [-0.05, 0) is 37.9 Å². The number of nitrogens with one attached hydrogen (secondary N) is 1. The molecule has 2 fully saturated rings. The van der Waals surface area contributed by atoms with E-state index in [2.05, 4.69) is 17.1 Å². The highest BCUT2D eigenvalue weighted by Gasteiger charge is 2.61. The van der Waals surface area contributed by atoms with Gasteiger partial charge in [0.15, 0.2) is 0 Å². The Morgan fingerprint density at radius 1 is 1.34 bits per heavy atom. The molecule has 0 unspecified atom stereocenters. The Morgan fingerprint density at radius 3 is 2.93 bits per heavy atom. The van der Waals surface area contributed by atoms with Crippen molar-refractivity contribution in [3.8, 4) is 5.75 Å². The first-order valence-corrected chi connectivity index (χ1v) is 10.2. The van der Waals surface area contributed by atoms with E-state index >= 15 is 0 Å². The fourth-order valence-corrected chi connectivity index (χ4v) is 5.93. The molecule has 4 aliphatic rings. The third-order valence-electron chi connectivity index (χ3n) is 7.44. The summed E-state index contributed by atoms with van der Waals surface area (Å²) in [5.41, 5.74) is 1.88. The molecule has 0 saturated carbocycles. The zero-order valence-corrected chi connectivity index (χ0v) is 16.9. The third-order valence-corrected chi connectivity index (χ3v) is 7.44. The van der Waals surface area contributed by atoms with Crippen molar-refractivity contribution in [2.75, 3.05) is 32.6 Å². The molecule has 0 aliphatic carbocycles. The highest BCUT2D eigenvalue weighted by molar-refractivity contribution is 6.07. The van der Waals surface area contributed by atoms with Crippen molar-refractivity contribution in [2.45, 2.75) is 37.3 Å². The molecule has 1 aromatic carbocycles. The molecule has 5 atom stereocenters. The van der Waals surface area contributed by atoms with Crippen molar-refractivity contribution < 1.29 is 23.8 Å². The number of amides is 1. The maximum absolute atomic E-state index is 13.3. The maximum Gasteiger partial charge on any atom is 0.337 e.